The average molecular weight is 466 g/mol. The van der Waals surface area contributed by atoms with E-state index in [2.05, 4.69) is 5.32 Å². The second-order valence-corrected chi connectivity index (χ2v) is 9.58. The quantitative estimate of drug-likeness (QED) is 0.705. The number of ether oxygens (including phenoxy) is 2. The van der Waals surface area contributed by atoms with E-state index in [-0.39, 0.29) is 30.1 Å². The first kappa shape index (κ1) is 23.9. The molecule has 0 aliphatic carbocycles. The molecule has 3 amide bonds. The summed E-state index contributed by atoms with van der Waals surface area (Å²) in [6.45, 7) is 10.1. The second-order valence-electron chi connectivity index (χ2n) is 9.58. The lowest BCUT2D eigenvalue weighted by Gasteiger charge is -2.39. The number of likely N-dealkylation sites (tertiary alicyclic amines) is 1. The van der Waals surface area contributed by atoms with Gasteiger partial charge in [-0.15, -0.1) is 0 Å². The van der Waals surface area contributed by atoms with Gasteiger partial charge in [-0.1, -0.05) is 18.2 Å². The third kappa shape index (κ3) is 5.64. The minimum Gasteiger partial charge on any atom is -0.491 e. The summed E-state index contributed by atoms with van der Waals surface area (Å²) in [7, 11) is 0. The van der Waals surface area contributed by atoms with Gasteiger partial charge in [0.15, 0.2) is 0 Å². The number of carbonyl (C=O) groups is 2. The van der Waals surface area contributed by atoms with Crippen LogP contribution in [-0.4, -0.2) is 48.7 Å². The van der Waals surface area contributed by atoms with E-state index in [9.17, 15) is 9.59 Å². The summed E-state index contributed by atoms with van der Waals surface area (Å²) in [5.41, 5.74) is 2.95. The standard InChI is InChI=1S/C27H35N3O4/c1-18(2)33-23-8-6-21(7-9-23)16-28-26(31)22-11-13-29(14-12-22)27(32)30-17-20(4)34-25-10-5-19(3)15-24(25)30/h5-10,15,18,20,22H,11-14,16-17H2,1-4H3,(H,28,31)/t20-/m0/s1. The highest BCUT2D eigenvalue weighted by Crippen LogP contribution is 2.35. The Labute approximate surface area is 202 Å². The molecule has 1 saturated heterocycles. The molecule has 0 unspecified atom stereocenters. The van der Waals surface area contributed by atoms with Crippen LogP contribution in [-0.2, 0) is 11.3 Å². The van der Waals surface area contributed by atoms with Crippen molar-refractivity contribution in [3.8, 4) is 11.5 Å². The van der Waals surface area contributed by atoms with E-state index in [0.717, 1.165) is 28.3 Å². The number of rotatable bonds is 5. The first-order chi connectivity index (χ1) is 16.3. The molecule has 7 nitrogen and oxygen atoms in total. The fourth-order valence-corrected chi connectivity index (χ4v) is 4.52. The van der Waals surface area contributed by atoms with E-state index in [0.29, 0.717) is 39.0 Å². The van der Waals surface area contributed by atoms with Gasteiger partial charge in [-0.05, 0) is 75.9 Å². The van der Waals surface area contributed by atoms with E-state index in [1.54, 1.807) is 0 Å². The molecule has 4 rings (SSSR count). The molecule has 1 fully saturated rings. The monoisotopic (exact) mass is 465 g/mol. The van der Waals surface area contributed by atoms with E-state index in [1.807, 2.05) is 80.0 Å². The number of hydrogen-bond donors (Lipinski definition) is 1. The summed E-state index contributed by atoms with van der Waals surface area (Å²) >= 11 is 0. The van der Waals surface area contributed by atoms with Gasteiger partial charge in [-0.25, -0.2) is 4.79 Å². The van der Waals surface area contributed by atoms with Gasteiger partial charge < -0.3 is 19.7 Å². The van der Waals surface area contributed by atoms with Crippen molar-refractivity contribution >= 4 is 17.6 Å². The zero-order valence-corrected chi connectivity index (χ0v) is 20.5. The maximum atomic E-state index is 13.3. The first-order valence-corrected chi connectivity index (χ1v) is 12.2. The lowest BCUT2D eigenvalue weighted by molar-refractivity contribution is -0.126. The van der Waals surface area contributed by atoms with Crippen LogP contribution in [0.15, 0.2) is 42.5 Å². The third-order valence-corrected chi connectivity index (χ3v) is 6.30. The highest BCUT2D eigenvalue weighted by molar-refractivity contribution is 5.94. The molecule has 1 N–H and O–H groups in total. The molecule has 2 aromatic rings. The molecule has 34 heavy (non-hydrogen) atoms. The molecule has 2 aromatic carbocycles. The van der Waals surface area contributed by atoms with Crippen LogP contribution in [0.2, 0.25) is 0 Å². The molecule has 182 valence electrons. The highest BCUT2D eigenvalue weighted by Gasteiger charge is 2.34. The molecule has 0 radical (unpaired) electrons. The van der Waals surface area contributed by atoms with Gasteiger partial charge in [0.2, 0.25) is 5.91 Å². The van der Waals surface area contributed by atoms with Crippen LogP contribution in [0.1, 0.15) is 44.7 Å². The number of piperidine rings is 1. The molecule has 0 saturated carbocycles. The van der Waals surface area contributed by atoms with Gasteiger partial charge in [0, 0.05) is 25.6 Å². The Kier molecular flexibility index (Phi) is 7.29. The van der Waals surface area contributed by atoms with Crippen molar-refractivity contribution in [2.45, 2.75) is 59.3 Å². The van der Waals surface area contributed by atoms with Gasteiger partial charge in [-0.3, -0.25) is 9.69 Å². The van der Waals surface area contributed by atoms with Gasteiger partial charge in [0.25, 0.3) is 0 Å². The molecule has 0 bridgehead atoms. The molecule has 7 heteroatoms. The van der Waals surface area contributed by atoms with Crippen LogP contribution in [0.3, 0.4) is 0 Å². The van der Waals surface area contributed by atoms with Crippen molar-refractivity contribution in [3.05, 3.63) is 53.6 Å². The van der Waals surface area contributed by atoms with Crippen molar-refractivity contribution in [3.63, 3.8) is 0 Å². The molecule has 0 spiro atoms. The van der Waals surface area contributed by atoms with E-state index >= 15 is 0 Å². The van der Waals surface area contributed by atoms with Crippen LogP contribution in [0.25, 0.3) is 0 Å². The molecular formula is C27H35N3O4. The topological polar surface area (TPSA) is 71.1 Å². The molecule has 0 aromatic heterocycles. The number of nitrogens with zero attached hydrogens (tertiary/aromatic N) is 2. The first-order valence-electron chi connectivity index (χ1n) is 12.2. The minimum absolute atomic E-state index is 0.00966. The summed E-state index contributed by atoms with van der Waals surface area (Å²) < 4.78 is 11.6. The zero-order valence-electron chi connectivity index (χ0n) is 20.5. The van der Waals surface area contributed by atoms with Gasteiger partial charge in [-0.2, -0.15) is 0 Å². The number of hydrogen-bond acceptors (Lipinski definition) is 4. The number of benzene rings is 2. The molecule has 2 aliphatic rings. The zero-order chi connectivity index (χ0) is 24.2. The number of amides is 3. The predicted octanol–water partition coefficient (Wildman–Crippen LogP) is 4.52. The van der Waals surface area contributed by atoms with Crippen molar-refractivity contribution in [2.75, 3.05) is 24.5 Å². The number of fused-ring (bicyclic) bond motifs is 1. The van der Waals surface area contributed by atoms with Crippen molar-refractivity contribution in [1.29, 1.82) is 0 Å². The Balaban J connectivity index is 1.29. The lowest BCUT2D eigenvalue weighted by Crippen LogP contribution is -2.52. The largest absolute Gasteiger partial charge is 0.491 e. The van der Waals surface area contributed by atoms with Crippen LogP contribution in [0.5, 0.6) is 11.5 Å². The van der Waals surface area contributed by atoms with Crippen LogP contribution in [0.4, 0.5) is 10.5 Å². The van der Waals surface area contributed by atoms with Crippen molar-refractivity contribution in [1.82, 2.24) is 10.2 Å². The van der Waals surface area contributed by atoms with Gasteiger partial charge >= 0.3 is 6.03 Å². The number of aryl methyl sites for hydroxylation is 1. The van der Waals surface area contributed by atoms with Crippen molar-refractivity contribution < 1.29 is 19.1 Å². The van der Waals surface area contributed by atoms with E-state index < -0.39 is 0 Å². The SMILES string of the molecule is Cc1ccc2c(c1)N(C(=O)N1CCC(C(=O)NCc3ccc(OC(C)C)cc3)CC1)C[C@H](C)O2. The fourth-order valence-electron chi connectivity index (χ4n) is 4.52. The maximum Gasteiger partial charge on any atom is 0.324 e. The van der Waals surface area contributed by atoms with Crippen LogP contribution >= 0.6 is 0 Å². The molecular weight excluding hydrogens is 430 g/mol. The lowest BCUT2D eigenvalue weighted by atomic mass is 9.96. The third-order valence-electron chi connectivity index (χ3n) is 6.30. The second kappa shape index (κ2) is 10.4. The highest BCUT2D eigenvalue weighted by atomic mass is 16.5. The molecule has 1 atom stereocenters. The predicted molar refractivity (Wildman–Crippen MR) is 132 cm³/mol. The van der Waals surface area contributed by atoms with Crippen LogP contribution in [0, 0.1) is 12.8 Å². The Morgan fingerprint density at radius 1 is 1.12 bits per heavy atom. The summed E-state index contributed by atoms with van der Waals surface area (Å²) in [5, 5.41) is 3.05. The minimum atomic E-state index is -0.0780. The fraction of sp³-hybridized carbons (Fsp3) is 0.481. The Bertz CT molecular complexity index is 1010. The summed E-state index contributed by atoms with van der Waals surface area (Å²) in [6.07, 6.45) is 1.40. The summed E-state index contributed by atoms with van der Waals surface area (Å²) in [5.74, 6) is 1.55. The van der Waals surface area contributed by atoms with Crippen molar-refractivity contribution in [2.24, 2.45) is 5.92 Å². The van der Waals surface area contributed by atoms with Gasteiger partial charge in [0.1, 0.15) is 17.6 Å². The molecule has 2 aliphatic heterocycles. The Morgan fingerprint density at radius 3 is 2.50 bits per heavy atom. The number of urea groups is 1. The summed E-state index contributed by atoms with van der Waals surface area (Å²) in [4.78, 5) is 29.8. The number of anilines is 1. The van der Waals surface area contributed by atoms with E-state index in [4.69, 9.17) is 9.47 Å². The maximum absolute atomic E-state index is 13.3. The normalized spacial score (nSPS) is 18.3. The Hall–Kier alpha value is -3.22. The number of carbonyl (C=O) groups excluding carboxylic acids is 2. The smallest absolute Gasteiger partial charge is 0.324 e. The van der Waals surface area contributed by atoms with E-state index in [1.165, 1.54) is 0 Å². The molecule has 2 heterocycles. The van der Waals surface area contributed by atoms with Gasteiger partial charge in [0.05, 0.1) is 18.3 Å². The summed E-state index contributed by atoms with van der Waals surface area (Å²) in [6, 6.07) is 13.7. The average Bonchev–Trinajstić information content (AvgIpc) is 2.82. The Morgan fingerprint density at radius 2 is 1.82 bits per heavy atom. The van der Waals surface area contributed by atoms with Crippen LogP contribution < -0.4 is 19.7 Å². The number of nitrogens with one attached hydrogen (secondary N) is 1.